The molecule has 0 aromatic heterocycles. The predicted octanol–water partition coefficient (Wildman–Crippen LogP) is 0.652. The molecule has 2 saturated heterocycles. The minimum atomic E-state index is 0.0152. The Kier molecular flexibility index (Phi) is 4.73. The largest absolute Gasteiger partial charge is 0.351 e. The minimum absolute atomic E-state index is 0.0152. The topological polar surface area (TPSA) is 52.7 Å². The van der Waals surface area contributed by atoms with E-state index < -0.39 is 0 Å². The molecule has 5 nitrogen and oxygen atoms in total. The van der Waals surface area contributed by atoms with E-state index in [-0.39, 0.29) is 17.9 Å². The van der Waals surface area contributed by atoms with Gasteiger partial charge in [0.1, 0.15) is 0 Å². The molecule has 118 valence electrons. The molecule has 0 bridgehead atoms. The summed E-state index contributed by atoms with van der Waals surface area (Å²) in [4.78, 5) is 28.0. The van der Waals surface area contributed by atoms with Crippen LogP contribution in [-0.4, -0.2) is 60.4 Å². The van der Waals surface area contributed by atoms with E-state index in [9.17, 15) is 9.59 Å². The maximum absolute atomic E-state index is 12.2. The summed E-state index contributed by atoms with van der Waals surface area (Å²) in [6, 6.07) is 10.2. The van der Waals surface area contributed by atoms with Crippen LogP contribution in [0.25, 0.3) is 0 Å². The molecule has 0 unspecified atom stereocenters. The fourth-order valence-corrected chi connectivity index (χ4v) is 3.29. The summed E-state index contributed by atoms with van der Waals surface area (Å²) in [5.41, 5.74) is 1.21. The van der Waals surface area contributed by atoms with Gasteiger partial charge in [-0.2, -0.15) is 0 Å². The molecule has 3 rings (SSSR count). The van der Waals surface area contributed by atoms with Crippen molar-refractivity contribution >= 4 is 11.8 Å². The van der Waals surface area contributed by atoms with Gasteiger partial charge in [-0.05, 0) is 24.8 Å². The number of benzene rings is 1. The standard InChI is InChI=1S/C17H23N3O2/c21-16-12-19(13-17(22)20-8-4-5-9-20)11-15(18-16)10-14-6-2-1-3-7-14/h1-3,6-7,15H,4-5,8-13H2,(H,18,21)/t15-/m0/s1. The molecule has 1 N–H and O–H groups in total. The summed E-state index contributed by atoms with van der Waals surface area (Å²) in [6.07, 6.45) is 3.01. The molecule has 2 aliphatic heterocycles. The SMILES string of the molecule is O=C1CN(CC(=O)N2CCCC2)C[C@H](Cc2ccccc2)N1. The molecule has 2 heterocycles. The second-order valence-electron chi connectivity index (χ2n) is 6.21. The van der Waals surface area contributed by atoms with Gasteiger partial charge in [0, 0.05) is 25.7 Å². The Balaban J connectivity index is 1.56. The zero-order chi connectivity index (χ0) is 15.4. The summed E-state index contributed by atoms with van der Waals surface area (Å²) >= 11 is 0. The van der Waals surface area contributed by atoms with Gasteiger partial charge >= 0.3 is 0 Å². The smallest absolute Gasteiger partial charge is 0.236 e. The molecule has 0 aliphatic carbocycles. The lowest BCUT2D eigenvalue weighted by Gasteiger charge is -2.33. The van der Waals surface area contributed by atoms with Crippen molar-refractivity contribution in [1.29, 1.82) is 0 Å². The van der Waals surface area contributed by atoms with Crippen molar-refractivity contribution in [3.63, 3.8) is 0 Å². The zero-order valence-electron chi connectivity index (χ0n) is 12.8. The van der Waals surface area contributed by atoms with E-state index in [0.29, 0.717) is 13.1 Å². The number of carbonyl (C=O) groups excluding carboxylic acids is 2. The average molecular weight is 301 g/mol. The van der Waals surface area contributed by atoms with Crippen LogP contribution in [0.15, 0.2) is 30.3 Å². The van der Waals surface area contributed by atoms with Gasteiger partial charge in [0.15, 0.2) is 0 Å². The Morgan fingerprint density at radius 3 is 2.64 bits per heavy atom. The Bertz CT molecular complexity index is 526. The highest BCUT2D eigenvalue weighted by molar-refractivity contribution is 5.82. The van der Waals surface area contributed by atoms with Crippen LogP contribution in [0.2, 0.25) is 0 Å². The molecule has 2 amide bonds. The molecule has 22 heavy (non-hydrogen) atoms. The van der Waals surface area contributed by atoms with Crippen LogP contribution in [-0.2, 0) is 16.0 Å². The van der Waals surface area contributed by atoms with Crippen molar-refractivity contribution in [3.8, 4) is 0 Å². The molecule has 2 aliphatic rings. The number of rotatable bonds is 4. The van der Waals surface area contributed by atoms with E-state index in [1.807, 2.05) is 28.0 Å². The highest BCUT2D eigenvalue weighted by Gasteiger charge is 2.28. The van der Waals surface area contributed by atoms with Crippen molar-refractivity contribution < 1.29 is 9.59 Å². The molecule has 2 fully saturated rings. The van der Waals surface area contributed by atoms with E-state index in [0.717, 1.165) is 38.9 Å². The number of hydrogen-bond acceptors (Lipinski definition) is 3. The van der Waals surface area contributed by atoms with Crippen LogP contribution in [0.1, 0.15) is 18.4 Å². The van der Waals surface area contributed by atoms with Crippen molar-refractivity contribution in [2.24, 2.45) is 0 Å². The van der Waals surface area contributed by atoms with Crippen molar-refractivity contribution in [3.05, 3.63) is 35.9 Å². The van der Waals surface area contributed by atoms with Gasteiger partial charge in [0.25, 0.3) is 0 Å². The van der Waals surface area contributed by atoms with Gasteiger partial charge in [-0.25, -0.2) is 0 Å². The average Bonchev–Trinajstić information content (AvgIpc) is 3.02. The molecule has 1 aromatic carbocycles. The number of nitrogens with one attached hydrogen (secondary N) is 1. The Hall–Kier alpha value is -1.88. The first-order valence-electron chi connectivity index (χ1n) is 8.04. The van der Waals surface area contributed by atoms with E-state index in [1.54, 1.807) is 0 Å². The number of amides is 2. The number of nitrogens with zero attached hydrogens (tertiary/aromatic N) is 2. The Labute approximate surface area is 131 Å². The summed E-state index contributed by atoms with van der Waals surface area (Å²) in [5, 5.41) is 3.03. The van der Waals surface area contributed by atoms with Crippen molar-refractivity contribution in [2.45, 2.75) is 25.3 Å². The van der Waals surface area contributed by atoms with Crippen LogP contribution in [0.5, 0.6) is 0 Å². The van der Waals surface area contributed by atoms with E-state index >= 15 is 0 Å². The third-order valence-electron chi connectivity index (χ3n) is 4.35. The highest BCUT2D eigenvalue weighted by atomic mass is 16.2. The zero-order valence-corrected chi connectivity index (χ0v) is 12.8. The van der Waals surface area contributed by atoms with Crippen molar-refractivity contribution in [1.82, 2.24) is 15.1 Å². The molecule has 5 heteroatoms. The monoisotopic (exact) mass is 301 g/mol. The van der Waals surface area contributed by atoms with E-state index in [1.165, 1.54) is 5.56 Å². The minimum Gasteiger partial charge on any atom is -0.351 e. The molecule has 0 saturated carbocycles. The molecule has 0 radical (unpaired) electrons. The summed E-state index contributed by atoms with van der Waals surface area (Å²) in [5.74, 6) is 0.173. The first-order chi connectivity index (χ1) is 10.7. The summed E-state index contributed by atoms with van der Waals surface area (Å²) < 4.78 is 0. The predicted molar refractivity (Wildman–Crippen MR) is 84.3 cm³/mol. The molecule has 1 atom stereocenters. The van der Waals surface area contributed by atoms with Crippen molar-refractivity contribution in [2.75, 3.05) is 32.7 Å². The normalized spacial score (nSPS) is 22.6. The molecular formula is C17H23N3O2. The van der Waals surface area contributed by atoms with Crippen LogP contribution in [0.4, 0.5) is 0 Å². The van der Waals surface area contributed by atoms with Gasteiger partial charge < -0.3 is 10.2 Å². The van der Waals surface area contributed by atoms with Crippen LogP contribution in [0.3, 0.4) is 0 Å². The lowest BCUT2D eigenvalue weighted by Crippen LogP contribution is -2.56. The third kappa shape index (κ3) is 3.85. The van der Waals surface area contributed by atoms with E-state index in [4.69, 9.17) is 0 Å². The first kappa shape index (κ1) is 15.0. The molecular weight excluding hydrogens is 278 g/mol. The van der Waals surface area contributed by atoms with Gasteiger partial charge in [0.05, 0.1) is 13.1 Å². The van der Waals surface area contributed by atoms with Gasteiger partial charge in [-0.15, -0.1) is 0 Å². The fourth-order valence-electron chi connectivity index (χ4n) is 3.29. The van der Waals surface area contributed by atoms with Crippen LogP contribution >= 0.6 is 0 Å². The number of carbonyl (C=O) groups is 2. The maximum Gasteiger partial charge on any atom is 0.236 e. The quantitative estimate of drug-likeness (QED) is 0.888. The van der Waals surface area contributed by atoms with Gasteiger partial charge in [0.2, 0.25) is 11.8 Å². The number of likely N-dealkylation sites (tertiary alicyclic amines) is 1. The van der Waals surface area contributed by atoms with Gasteiger partial charge in [-0.1, -0.05) is 30.3 Å². The van der Waals surface area contributed by atoms with E-state index in [2.05, 4.69) is 17.4 Å². The van der Waals surface area contributed by atoms with Crippen LogP contribution in [0, 0.1) is 0 Å². The lowest BCUT2D eigenvalue weighted by atomic mass is 10.0. The van der Waals surface area contributed by atoms with Crippen LogP contribution < -0.4 is 5.32 Å². The second kappa shape index (κ2) is 6.92. The Morgan fingerprint density at radius 2 is 1.91 bits per heavy atom. The lowest BCUT2D eigenvalue weighted by molar-refractivity contribution is -0.133. The van der Waals surface area contributed by atoms with Gasteiger partial charge in [-0.3, -0.25) is 14.5 Å². The summed E-state index contributed by atoms with van der Waals surface area (Å²) in [6.45, 7) is 3.16. The molecule has 0 spiro atoms. The number of hydrogen-bond donors (Lipinski definition) is 1. The maximum atomic E-state index is 12.2. The highest BCUT2D eigenvalue weighted by Crippen LogP contribution is 2.11. The third-order valence-corrected chi connectivity index (χ3v) is 4.35. The Morgan fingerprint density at radius 1 is 1.18 bits per heavy atom. The summed E-state index contributed by atoms with van der Waals surface area (Å²) in [7, 11) is 0. The molecule has 1 aromatic rings. The first-order valence-corrected chi connectivity index (χ1v) is 8.04. The second-order valence-corrected chi connectivity index (χ2v) is 6.21. The fraction of sp³-hybridized carbons (Fsp3) is 0.529. The number of piperazine rings is 1.